The van der Waals surface area contributed by atoms with Crippen molar-refractivity contribution < 1.29 is 9.90 Å². The van der Waals surface area contributed by atoms with Crippen molar-refractivity contribution in [3.63, 3.8) is 0 Å². The van der Waals surface area contributed by atoms with Crippen LogP contribution in [0.3, 0.4) is 0 Å². The van der Waals surface area contributed by atoms with Gasteiger partial charge in [-0.15, -0.1) is 0 Å². The third-order valence-electron chi connectivity index (χ3n) is 4.45. The lowest BCUT2D eigenvalue weighted by Crippen LogP contribution is -2.48. The lowest BCUT2D eigenvalue weighted by Gasteiger charge is -2.36. The van der Waals surface area contributed by atoms with Crippen LogP contribution in [-0.2, 0) is 4.79 Å². The highest BCUT2D eigenvalue weighted by Crippen LogP contribution is 2.33. The SMILES string of the molecule is CC1CN(C(=O)C2CCCC2CN)CCC1O. The molecule has 1 aliphatic carbocycles. The first kappa shape index (κ1) is 12.8. The fourth-order valence-corrected chi connectivity index (χ4v) is 3.21. The topological polar surface area (TPSA) is 66.6 Å². The van der Waals surface area contributed by atoms with Gasteiger partial charge in [-0.2, -0.15) is 0 Å². The molecule has 2 rings (SSSR count). The van der Waals surface area contributed by atoms with Gasteiger partial charge < -0.3 is 15.7 Å². The summed E-state index contributed by atoms with van der Waals surface area (Å²) in [7, 11) is 0. The largest absolute Gasteiger partial charge is 0.393 e. The number of piperidine rings is 1. The number of nitrogens with two attached hydrogens (primary N) is 1. The number of hydrogen-bond acceptors (Lipinski definition) is 3. The van der Waals surface area contributed by atoms with E-state index in [0.717, 1.165) is 19.3 Å². The second-order valence-corrected chi connectivity index (χ2v) is 5.65. The van der Waals surface area contributed by atoms with Gasteiger partial charge in [-0.25, -0.2) is 0 Å². The lowest BCUT2D eigenvalue weighted by molar-refractivity contribution is -0.140. The highest BCUT2D eigenvalue weighted by atomic mass is 16.3. The summed E-state index contributed by atoms with van der Waals surface area (Å²) < 4.78 is 0. The predicted octanol–water partition coefficient (Wildman–Crippen LogP) is 0.591. The third-order valence-corrected chi connectivity index (χ3v) is 4.45. The Morgan fingerprint density at radius 3 is 2.82 bits per heavy atom. The molecular formula is C13H24N2O2. The van der Waals surface area contributed by atoms with Gasteiger partial charge in [0.25, 0.3) is 0 Å². The van der Waals surface area contributed by atoms with E-state index >= 15 is 0 Å². The Hall–Kier alpha value is -0.610. The summed E-state index contributed by atoms with van der Waals surface area (Å²) in [5, 5.41) is 9.68. The molecule has 0 aromatic rings. The molecule has 0 bridgehead atoms. The van der Waals surface area contributed by atoms with E-state index in [1.807, 2.05) is 11.8 Å². The molecule has 98 valence electrons. The Bertz CT molecular complexity index is 283. The number of likely N-dealkylation sites (tertiary alicyclic amines) is 1. The maximum atomic E-state index is 12.4. The predicted molar refractivity (Wildman–Crippen MR) is 66.3 cm³/mol. The van der Waals surface area contributed by atoms with Crippen molar-refractivity contribution in [2.45, 2.75) is 38.7 Å². The number of nitrogens with zero attached hydrogens (tertiary/aromatic N) is 1. The highest BCUT2D eigenvalue weighted by molar-refractivity contribution is 5.79. The van der Waals surface area contributed by atoms with E-state index in [1.54, 1.807) is 0 Å². The van der Waals surface area contributed by atoms with Crippen molar-refractivity contribution in [1.29, 1.82) is 0 Å². The molecule has 1 saturated carbocycles. The molecule has 1 aliphatic heterocycles. The third kappa shape index (κ3) is 2.63. The molecule has 4 nitrogen and oxygen atoms in total. The van der Waals surface area contributed by atoms with Crippen molar-refractivity contribution in [2.24, 2.45) is 23.5 Å². The minimum absolute atomic E-state index is 0.141. The number of hydrogen-bond donors (Lipinski definition) is 2. The van der Waals surface area contributed by atoms with Gasteiger partial charge in [0.2, 0.25) is 5.91 Å². The van der Waals surface area contributed by atoms with Gasteiger partial charge in [-0.3, -0.25) is 4.79 Å². The quantitative estimate of drug-likeness (QED) is 0.742. The van der Waals surface area contributed by atoms with Crippen LogP contribution < -0.4 is 5.73 Å². The molecule has 0 spiro atoms. The van der Waals surface area contributed by atoms with Crippen molar-refractivity contribution in [3.8, 4) is 0 Å². The zero-order valence-electron chi connectivity index (χ0n) is 10.6. The van der Waals surface area contributed by atoms with Crippen LogP contribution in [0.4, 0.5) is 0 Å². The van der Waals surface area contributed by atoms with Gasteiger partial charge in [0, 0.05) is 19.0 Å². The molecule has 17 heavy (non-hydrogen) atoms. The minimum atomic E-state index is -0.243. The van der Waals surface area contributed by atoms with Gasteiger partial charge in [-0.1, -0.05) is 13.3 Å². The van der Waals surface area contributed by atoms with E-state index in [1.165, 1.54) is 0 Å². The first-order chi connectivity index (χ1) is 8.13. The Labute approximate surface area is 103 Å². The van der Waals surface area contributed by atoms with Crippen LogP contribution in [0.25, 0.3) is 0 Å². The Balaban J connectivity index is 1.95. The molecule has 1 heterocycles. The molecule has 4 atom stereocenters. The molecule has 2 aliphatic rings. The molecule has 4 heteroatoms. The fraction of sp³-hybridized carbons (Fsp3) is 0.923. The van der Waals surface area contributed by atoms with Crippen molar-refractivity contribution in [2.75, 3.05) is 19.6 Å². The average Bonchev–Trinajstić information content (AvgIpc) is 2.80. The molecular weight excluding hydrogens is 216 g/mol. The number of aliphatic hydroxyl groups is 1. The van der Waals surface area contributed by atoms with Crippen LogP contribution in [-0.4, -0.2) is 41.7 Å². The molecule has 0 radical (unpaired) electrons. The second-order valence-electron chi connectivity index (χ2n) is 5.65. The van der Waals surface area contributed by atoms with Gasteiger partial charge in [0.05, 0.1) is 6.10 Å². The molecule has 2 fully saturated rings. The van der Waals surface area contributed by atoms with E-state index in [9.17, 15) is 9.90 Å². The fourth-order valence-electron chi connectivity index (χ4n) is 3.21. The molecule has 0 aromatic carbocycles. The van der Waals surface area contributed by atoms with Gasteiger partial charge >= 0.3 is 0 Å². The van der Waals surface area contributed by atoms with Crippen LogP contribution in [0.1, 0.15) is 32.6 Å². The van der Waals surface area contributed by atoms with Crippen LogP contribution in [0.2, 0.25) is 0 Å². The number of aliphatic hydroxyl groups excluding tert-OH is 1. The van der Waals surface area contributed by atoms with Crippen LogP contribution >= 0.6 is 0 Å². The lowest BCUT2D eigenvalue weighted by atomic mass is 9.91. The zero-order chi connectivity index (χ0) is 12.4. The van der Waals surface area contributed by atoms with Crippen LogP contribution in [0, 0.1) is 17.8 Å². The summed E-state index contributed by atoms with van der Waals surface area (Å²) in [5.74, 6) is 0.995. The zero-order valence-corrected chi connectivity index (χ0v) is 10.6. The maximum Gasteiger partial charge on any atom is 0.226 e. The average molecular weight is 240 g/mol. The molecule has 1 saturated heterocycles. The number of carbonyl (C=O) groups excluding carboxylic acids is 1. The monoisotopic (exact) mass is 240 g/mol. The van der Waals surface area contributed by atoms with E-state index in [-0.39, 0.29) is 23.8 Å². The summed E-state index contributed by atoms with van der Waals surface area (Å²) in [4.78, 5) is 14.4. The maximum absolute atomic E-state index is 12.4. The van der Waals surface area contributed by atoms with E-state index in [0.29, 0.717) is 32.0 Å². The van der Waals surface area contributed by atoms with E-state index in [2.05, 4.69) is 0 Å². The summed E-state index contributed by atoms with van der Waals surface area (Å²) in [6.07, 6.45) is 3.69. The summed E-state index contributed by atoms with van der Waals surface area (Å²) in [6.45, 7) is 4.05. The van der Waals surface area contributed by atoms with Crippen LogP contribution in [0.5, 0.6) is 0 Å². The number of carbonyl (C=O) groups is 1. The Morgan fingerprint density at radius 2 is 2.18 bits per heavy atom. The number of amides is 1. The minimum Gasteiger partial charge on any atom is -0.393 e. The summed E-state index contributed by atoms with van der Waals surface area (Å²) in [6, 6.07) is 0. The number of rotatable bonds is 2. The highest BCUT2D eigenvalue weighted by Gasteiger charge is 2.36. The normalized spacial score (nSPS) is 38.4. The van der Waals surface area contributed by atoms with Gasteiger partial charge in [-0.05, 0) is 37.6 Å². The Kier molecular flexibility index (Phi) is 4.05. The van der Waals surface area contributed by atoms with Gasteiger partial charge in [0.1, 0.15) is 0 Å². The first-order valence-electron chi connectivity index (χ1n) is 6.80. The first-order valence-corrected chi connectivity index (χ1v) is 6.80. The van der Waals surface area contributed by atoms with Crippen molar-refractivity contribution in [3.05, 3.63) is 0 Å². The molecule has 3 N–H and O–H groups in total. The Morgan fingerprint density at radius 1 is 1.41 bits per heavy atom. The smallest absolute Gasteiger partial charge is 0.226 e. The summed E-state index contributed by atoms with van der Waals surface area (Å²) >= 11 is 0. The van der Waals surface area contributed by atoms with Crippen molar-refractivity contribution in [1.82, 2.24) is 4.90 Å². The second kappa shape index (κ2) is 5.36. The molecule has 4 unspecified atom stereocenters. The van der Waals surface area contributed by atoms with E-state index in [4.69, 9.17) is 5.73 Å². The van der Waals surface area contributed by atoms with Gasteiger partial charge in [0.15, 0.2) is 0 Å². The summed E-state index contributed by atoms with van der Waals surface area (Å²) in [5.41, 5.74) is 5.73. The molecule has 0 aromatic heterocycles. The van der Waals surface area contributed by atoms with Crippen LogP contribution in [0.15, 0.2) is 0 Å². The standard InChI is InChI=1S/C13H24N2O2/c1-9-8-15(6-5-12(9)16)13(17)11-4-2-3-10(11)7-14/h9-12,16H,2-8,14H2,1H3. The van der Waals surface area contributed by atoms with E-state index < -0.39 is 0 Å². The molecule has 1 amide bonds. The van der Waals surface area contributed by atoms with Crippen molar-refractivity contribution >= 4 is 5.91 Å².